The molecular weight excluding hydrogens is 308 g/mol. The topological polar surface area (TPSA) is 64.3 Å². The number of nitrogens with one attached hydrogen (secondary N) is 1. The number of nitrogens with two attached hydrogens (primary N) is 1. The highest BCUT2D eigenvalue weighted by Gasteiger charge is 2.10. The maximum absolute atomic E-state index is 11.6. The van der Waals surface area contributed by atoms with Crippen molar-refractivity contribution in [1.29, 1.82) is 0 Å². The van der Waals surface area contributed by atoms with Crippen molar-refractivity contribution in [3.05, 3.63) is 28.2 Å². The Morgan fingerprint density at radius 1 is 1.53 bits per heavy atom. The van der Waals surface area contributed by atoms with E-state index in [9.17, 15) is 4.79 Å². The van der Waals surface area contributed by atoms with Crippen LogP contribution >= 0.6 is 15.9 Å². The predicted octanol–water partition coefficient (Wildman–Crippen LogP) is 2.76. The Kier molecular flexibility index (Phi) is 6.87. The third-order valence-corrected chi connectivity index (χ3v) is 3.17. The van der Waals surface area contributed by atoms with E-state index in [-0.39, 0.29) is 18.6 Å². The van der Waals surface area contributed by atoms with Gasteiger partial charge in [0.25, 0.3) is 5.91 Å². The number of carbonyl (C=O) groups excluding carboxylic acids is 1. The minimum Gasteiger partial charge on any atom is -0.483 e. The molecule has 0 aromatic heterocycles. The molecule has 0 aliphatic rings. The summed E-state index contributed by atoms with van der Waals surface area (Å²) in [6, 6.07) is 5.51. The Morgan fingerprint density at radius 2 is 2.26 bits per heavy atom. The minimum absolute atomic E-state index is 0.0138. The Labute approximate surface area is 122 Å². The first-order chi connectivity index (χ1) is 9.04. The number of hydrogen-bond donors (Lipinski definition) is 2. The van der Waals surface area contributed by atoms with E-state index in [0.29, 0.717) is 12.3 Å². The van der Waals surface area contributed by atoms with Gasteiger partial charge in [0.1, 0.15) is 5.75 Å². The summed E-state index contributed by atoms with van der Waals surface area (Å²) >= 11 is 3.38. The van der Waals surface area contributed by atoms with Gasteiger partial charge in [0.15, 0.2) is 6.61 Å². The molecule has 1 rings (SSSR count). The Hall–Kier alpha value is -1.07. The van der Waals surface area contributed by atoms with Crippen LogP contribution in [0.3, 0.4) is 0 Å². The second-order valence-electron chi connectivity index (χ2n) is 4.46. The van der Waals surface area contributed by atoms with Gasteiger partial charge in [-0.1, -0.05) is 35.3 Å². The van der Waals surface area contributed by atoms with E-state index >= 15 is 0 Å². The fraction of sp³-hybridized carbons (Fsp3) is 0.500. The number of amides is 1. The van der Waals surface area contributed by atoms with Crippen molar-refractivity contribution in [2.45, 2.75) is 32.7 Å². The molecule has 106 valence electrons. The van der Waals surface area contributed by atoms with Crippen LogP contribution in [0.2, 0.25) is 0 Å². The summed E-state index contributed by atoms with van der Waals surface area (Å²) in [5.74, 6) is 0.541. The quantitative estimate of drug-likeness (QED) is 0.756. The first-order valence-electron chi connectivity index (χ1n) is 6.49. The predicted molar refractivity (Wildman–Crippen MR) is 80.2 cm³/mol. The average molecular weight is 329 g/mol. The van der Waals surface area contributed by atoms with Crippen LogP contribution in [0.25, 0.3) is 0 Å². The molecule has 19 heavy (non-hydrogen) atoms. The zero-order valence-corrected chi connectivity index (χ0v) is 13.0. The third kappa shape index (κ3) is 5.61. The third-order valence-electron chi connectivity index (χ3n) is 2.68. The van der Waals surface area contributed by atoms with Gasteiger partial charge in [-0.2, -0.15) is 0 Å². The van der Waals surface area contributed by atoms with Crippen LogP contribution in [0.5, 0.6) is 5.75 Å². The lowest BCUT2D eigenvalue weighted by atomic mass is 10.1. The molecule has 1 amide bonds. The molecule has 1 unspecified atom stereocenters. The molecule has 0 saturated heterocycles. The first-order valence-corrected chi connectivity index (χ1v) is 7.28. The molecule has 0 radical (unpaired) electrons. The van der Waals surface area contributed by atoms with E-state index < -0.39 is 0 Å². The largest absolute Gasteiger partial charge is 0.483 e. The standard InChI is InChI=1S/C14H21BrN2O2/c1-3-4-7-17-14(18)9-19-13-8-11(15)5-6-12(13)10(2)16/h5-6,8,10H,3-4,7,9,16H2,1-2H3,(H,17,18). The number of ether oxygens (including phenoxy) is 1. The van der Waals surface area contributed by atoms with Crippen molar-refractivity contribution in [2.24, 2.45) is 5.73 Å². The molecule has 5 heteroatoms. The summed E-state index contributed by atoms with van der Waals surface area (Å²) in [6.45, 7) is 4.67. The SMILES string of the molecule is CCCCNC(=O)COc1cc(Br)ccc1C(C)N. The Balaban J connectivity index is 2.56. The average Bonchev–Trinajstić information content (AvgIpc) is 2.36. The van der Waals surface area contributed by atoms with Crippen molar-refractivity contribution < 1.29 is 9.53 Å². The minimum atomic E-state index is -0.133. The van der Waals surface area contributed by atoms with Crippen LogP contribution in [0.1, 0.15) is 38.3 Å². The summed E-state index contributed by atoms with van der Waals surface area (Å²) in [7, 11) is 0. The molecule has 0 saturated carbocycles. The van der Waals surface area contributed by atoms with Gasteiger partial charge >= 0.3 is 0 Å². The second kappa shape index (κ2) is 8.17. The molecule has 0 heterocycles. The van der Waals surface area contributed by atoms with E-state index in [1.165, 1.54) is 0 Å². The van der Waals surface area contributed by atoms with Crippen molar-refractivity contribution >= 4 is 21.8 Å². The summed E-state index contributed by atoms with van der Waals surface area (Å²) < 4.78 is 6.45. The summed E-state index contributed by atoms with van der Waals surface area (Å²) in [5.41, 5.74) is 6.77. The molecule has 4 nitrogen and oxygen atoms in total. The summed E-state index contributed by atoms with van der Waals surface area (Å²) in [4.78, 5) is 11.6. The van der Waals surface area contributed by atoms with Gasteiger partial charge in [-0.3, -0.25) is 4.79 Å². The Bertz CT molecular complexity index is 422. The van der Waals surface area contributed by atoms with Crippen LogP contribution < -0.4 is 15.8 Å². The second-order valence-corrected chi connectivity index (χ2v) is 5.38. The van der Waals surface area contributed by atoms with Gasteiger partial charge in [0, 0.05) is 22.6 Å². The smallest absolute Gasteiger partial charge is 0.257 e. The molecule has 0 aliphatic carbocycles. The van der Waals surface area contributed by atoms with E-state index in [0.717, 1.165) is 22.9 Å². The molecule has 0 fully saturated rings. The molecule has 0 bridgehead atoms. The van der Waals surface area contributed by atoms with Crippen molar-refractivity contribution in [3.8, 4) is 5.75 Å². The highest BCUT2D eigenvalue weighted by molar-refractivity contribution is 9.10. The number of halogens is 1. The van der Waals surface area contributed by atoms with Crippen molar-refractivity contribution in [3.63, 3.8) is 0 Å². The van der Waals surface area contributed by atoms with Crippen LogP contribution in [0, 0.1) is 0 Å². The zero-order valence-electron chi connectivity index (χ0n) is 11.4. The van der Waals surface area contributed by atoms with Gasteiger partial charge in [0.05, 0.1) is 0 Å². The zero-order chi connectivity index (χ0) is 14.3. The number of hydrogen-bond acceptors (Lipinski definition) is 3. The van der Waals surface area contributed by atoms with Crippen molar-refractivity contribution in [2.75, 3.05) is 13.2 Å². The fourth-order valence-electron chi connectivity index (χ4n) is 1.61. The monoisotopic (exact) mass is 328 g/mol. The number of benzene rings is 1. The molecule has 1 aromatic carbocycles. The van der Waals surface area contributed by atoms with Gasteiger partial charge in [-0.15, -0.1) is 0 Å². The van der Waals surface area contributed by atoms with Gasteiger partial charge < -0.3 is 15.8 Å². The van der Waals surface area contributed by atoms with Crippen LogP contribution in [0.4, 0.5) is 0 Å². The maximum Gasteiger partial charge on any atom is 0.257 e. The van der Waals surface area contributed by atoms with Gasteiger partial charge in [-0.25, -0.2) is 0 Å². The lowest BCUT2D eigenvalue weighted by molar-refractivity contribution is -0.123. The molecule has 3 N–H and O–H groups in total. The first kappa shape index (κ1) is 16.0. The van der Waals surface area contributed by atoms with E-state index in [4.69, 9.17) is 10.5 Å². The highest BCUT2D eigenvalue weighted by atomic mass is 79.9. The lowest BCUT2D eigenvalue weighted by Gasteiger charge is -2.14. The number of unbranched alkanes of at least 4 members (excludes halogenated alkanes) is 1. The Morgan fingerprint density at radius 3 is 2.89 bits per heavy atom. The van der Waals surface area contributed by atoms with Gasteiger partial charge in [0.2, 0.25) is 0 Å². The maximum atomic E-state index is 11.6. The molecule has 0 aliphatic heterocycles. The van der Waals surface area contributed by atoms with E-state index in [1.807, 2.05) is 25.1 Å². The normalized spacial score (nSPS) is 12.0. The number of rotatable bonds is 7. The molecule has 1 atom stereocenters. The van der Waals surface area contributed by atoms with E-state index in [1.54, 1.807) is 0 Å². The lowest BCUT2D eigenvalue weighted by Crippen LogP contribution is -2.29. The van der Waals surface area contributed by atoms with E-state index in [2.05, 4.69) is 28.2 Å². The molecule has 0 spiro atoms. The molecular formula is C14H21BrN2O2. The highest BCUT2D eigenvalue weighted by Crippen LogP contribution is 2.27. The van der Waals surface area contributed by atoms with Crippen LogP contribution in [-0.4, -0.2) is 19.1 Å². The van der Waals surface area contributed by atoms with Crippen LogP contribution in [0.15, 0.2) is 22.7 Å². The van der Waals surface area contributed by atoms with Crippen LogP contribution in [-0.2, 0) is 4.79 Å². The number of carbonyl (C=O) groups is 1. The molecule has 1 aromatic rings. The summed E-state index contributed by atoms with van der Waals surface area (Å²) in [6.07, 6.45) is 2.04. The summed E-state index contributed by atoms with van der Waals surface area (Å²) in [5, 5.41) is 2.81. The van der Waals surface area contributed by atoms with Crippen molar-refractivity contribution in [1.82, 2.24) is 5.32 Å². The van der Waals surface area contributed by atoms with Gasteiger partial charge in [-0.05, 0) is 25.5 Å². The fourth-order valence-corrected chi connectivity index (χ4v) is 1.95.